The molecular formula is C11H8INO2. The maximum atomic E-state index is 10.9. The van der Waals surface area contributed by atoms with E-state index in [4.69, 9.17) is 5.11 Å². The van der Waals surface area contributed by atoms with E-state index in [0.29, 0.717) is 5.56 Å². The highest BCUT2D eigenvalue weighted by molar-refractivity contribution is 14.1. The summed E-state index contributed by atoms with van der Waals surface area (Å²) in [5, 5.41) is 9.84. The summed E-state index contributed by atoms with van der Waals surface area (Å²) < 4.78 is 0.741. The Bertz CT molecular complexity index is 552. The molecule has 0 bridgehead atoms. The van der Waals surface area contributed by atoms with Crippen LogP contribution < -0.4 is 0 Å². The number of aryl methyl sites for hydroxylation is 1. The van der Waals surface area contributed by atoms with Crippen LogP contribution in [-0.2, 0) is 0 Å². The first kappa shape index (κ1) is 10.4. The zero-order valence-electron chi connectivity index (χ0n) is 7.99. The van der Waals surface area contributed by atoms with Crippen LogP contribution in [0, 0.1) is 10.5 Å². The Hall–Kier alpha value is -1.17. The summed E-state index contributed by atoms with van der Waals surface area (Å²) in [6, 6.07) is 7.13. The first-order chi connectivity index (χ1) is 7.09. The molecule has 1 aromatic carbocycles. The van der Waals surface area contributed by atoms with Crippen molar-refractivity contribution in [1.82, 2.24) is 4.98 Å². The smallest absolute Gasteiger partial charge is 0.336 e. The van der Waals surface area contributed by atoms with Gasteiger partial charge in [0.15, 0.2) is 0 Å². The first-order valence-electron chi connectivity index (χ1n) is 4.39. The zero-order chi connectivity index (χ0) is 11.0. The molecule has 0 amide bonds. The van der Waals surface area contributed by atoms with E-state index in [0.717, 1.165) is 20.2 Å². The molecule has 4 heteroatoms. The van der Waals surface area contributed by atoms with E-state index < -0.39 is 5.97 Å². The van der Waals surface area contributed by atoms with E-state index >= 15 is 0 Å². The number of hydrogen-bond acceptors (Lipinski definition) is 2. The van der Waals surface area contributed by atoms with Crippen molar-refractivity contribution in [3.05, 3.63) is 39.1 Å². The normalized spacial score (nSPS) is 10.5. The van der Waals surface area contributed by atoms with E-state index in [1.54, 1.807) is 12.1 Å². The van der Waals surface area contributed by atoms with Crippen molar-refractivity contribution in [3.63, 3.8) is 0 Å². The predicted molar refractivity (Wildman–Crippen MR) is 66.2 cm³/mol. The van der Waals surface area contributed by atoms with Gasteiger partial charge in [-0.25, -0.2) is 4.79 Å². The molecule has 1 N–H and O–H groups in total. The van der Waals surface area contributed by atoms with Crippen LogP contribution in [-0.4, -0.2) is 16.1 Å². The number of aromatic nitrogens is 1. The van der Waals surface area contributed by atoms with Crippen LogP contribution in [0.25, 0.3) is 10.9 Å². The summed E-state index contributed by atoms with van der Waals surface area (Å²) in [6.07, 6.45) is 0. The Morgan fingerprint density at radius 2 is 2.07 bits per heavy atom. The quantitative estimate of drug-likeness (QED) is 0.824. The fourth-order valence-electron chi connectivity index (χ4n) is 1.44. The van der Waals surface area contributed by atoms with Gasteiger partial charge in [0.1, 0.15) is 0 Å². The molecule has 0 saturated carbocycles. The Labute approximate surface area is 100 Å². The summed E-state index contributed by atoms with van der Waals surface area (Å²) in [5.74, 6) is -0.901. The van der Waals surface area contributed by atoms with Gasteiger partial charge in [0.2, 0.25) is 0 Å². The minimum absolute atomic E-state index is 0.328. The highest BCUT2D eigenvalue weighted by Gasteiger charge is 2.11. The Balaban J connectivity index is 2.80. The average Bonchev–Trinajstić information content (AvgIpc) is 2.17. The summed E-state index contributed by atoms with van der Waals surface area (Å²) in [7, 11) is 0. The lowest BCUT2D eigenvalue weighted by atomic mass is 10.1. The Morgan fingerprint density at radius 3 is 2.73 bits per heavy atom. The summed E-state index contributed by atoms with van der Waals surface area (Å²) in [5.41, 5.74) is 2.10. The van der Waals surface area contributed by atoms with Crippen LogP contribution in [0.2, 0.25) is 0 Å². The molecule has 0 saturated heterocycles. The van der Waals surface area contributed by atoms with E-state index in [-0.39, 0.29) is 0 Å². The molecule has 0 unspecified atom stereocenters. The molecule has 0 aliphatic rings. The van der Waals surface area contributed by atoms with E-state index in [9.17, 15) is 4.79 Å². The number of carbonyl (C=O) groups is 1. The van der Waals surface area contributed by atoms with Gasteiger partial charge in [0.25, 0.3) is 0 Å². The van der Waals surface area contributed by atoms with Crippen molar-refractivity contribution in [2.75, 3.05) is 0 Å². The van der Waals surface area contributed by atoms with Gasteiger partial charge in [0, 0.05) is 14.7 Å². The summed E-state index contributed by atoms with van der Waals surface area (Å²) >= 11 is 2.04. The maximum Gasteiger partial charge on any atom is 0.336 e. The molecular weight excluding hydrogens is 305 g/mol. The Morgan fingerprint density at radius 1 is 1.33 bits per heavy atom. The highest BCUT2D eigenvalue weighted by Crippen LogP contribution is 2.23. The van der Waals surface area contributed by atoms with Crippen LogP contribution in [0.15, 0.2) is 24.3 Å². The molecule has 2 aromatic rings. The summed E-state index contributed by atoms with van der Waals surface area (Å²) in [4.78, 5) is 15.2. The fourth-order valence-corrected chi connectivity index (χ4v) is 2.30. The third-order valence-corrected chi connectivity index (χ3v) is 3.34. The number of hydrogen-bond donors (Lipinski definition) is 1. The zero-order valence-corrected chi connectivity index (χ0v) is 10.1. The third kappa shape index (κ3) is 1.81. The first-order valence-corrected chi connectivity index (χ1v) is 5.46. The van der Waals surface area contributed by atoms with E-state index in [1.165, 1.54) is 0 Å². The predicted octanol–water partition coefficient (Wildman–Crippen LogP) is 2.85. The number of carboxylic acid groups (broad SMARTS) is 1. The van der Waals surface area contributed by atoms with Gasteiger partial charge >= 0.3 is 5.97 Å². The minimum Gasteiger partial charge on any atom is -0.478 e. The number of aromatic carboxylic acids is 1. The van der Waals surface area contributed by atoms with Gasteiger partial charge in [-0.1, -0.05) is 0 Å². The largest absolute Gasteiger partial charge is 0.478 e. The molecule has 1 aromatic heterocycles. The second-order valence-corrected chi connectivity index (χ2v) is 4.33. The molecule has 2 rings (SSSR count). The lowest BCUT2D eigenvalue weighted by Crippen LogP contribution is -2.00. The number of pyridine rings is 1. The molecule has 0 fully saturated rings. The van der Waals surface area contributed by atoms with Crippen LogP contribution >= 0.6 is 22.6 Å². The molecule has 1 heterocycles. The van der Waals surface area contributed by atoms with Crippen LogP contribution in [0.4, 0.5) is 0 Å². The number of carboxylic acids is 1. The van der Waals surface area contributed by atoms with Crippen molar-refractivity contribution in [3.8, 4) is 0 Å². The van der Waals surface area contributed by atoms with Crippen LogP contribution in [0.1, 0.15) is 16.1 Å². The van der Waals surface area contributed by atoms with Gasteiger partial charge in [-0.3, -0.25) is 4.98 Å². The highest BCUT2D eigenvalue weighted by atomic mass is 127. The standard InChI is InChI=1S/C11H8INO2/c1-6-2-3-7-9(13-6)5-4-8(10(7)12)11(14)15/h2-5H,1H3,(H,14,15). The molecule has 76 valence electrons. The average molecular weight is 313 g/mol. The topological polar surface area (TPSA) is 50.2 Å². The number of rotatable bonds is 1. The number of halogens is 1. The molecule has 0 aliphatic heterocycles. The van der Waals surface area contributed by atoms with Gasteiger partial charge in [-0.15, -0.1) is 0 Å². The monoisotopic (exact) mass is 313 g/mol. The molecule has 0 spiro atoms. The lowest BCUT2D eigenvalue weighted by molar-refractivity contribution is 0.0696. The van der Waals surface area contributed by atoms with Crippen molar-refractivity contribution in [1.29, 1.82) is 0 Å². The van der Waals surface area contributed by atoms with E-state index in [1.807, 2.05) is 41.6 Å². The molecule has 0 aliphatic carbocycles. The SMILES string of the molecule is Cc1ccc2c(I)c(C(=O)O)ccc2n1. The van der Waals surface area contributed by atoms with Crippen LogP contribution in [0.3, 0.4) is 0 Å². The molecule has 0 atom stereocenters. The fraction of sp³-hybridized carbons (Fsp3) is 0.0909. The number of fused-ring (bicyclic) bond motifs is 1. The Kier molecular flexibility index (Phi) is 2.60. The number of benzene rings is 1. The summed E-state index contributed by atoms with van der Waals surface area (Å²) in [6.45, 7) is 1.91. The molecule has 3 nitrogen and oxygen atoms in total. The van der Waals surface area contributed by atoms with Crippen molar-refractivity contribution < 1.29 is 9.90 Å². The van der Waals surface area contributed by atoms with Crippen molar-refractivity contribution in [2.45, 2.75) is 6.92 Å². The van der Waals surface area contributed by atoms with E-state index in [2.05, 4.69) is 4.98 Å². The van der Waals surface area contributed by atoms with Crippen molar-refractivity contribution >= 4 is 39.5 Å². The minimum atomic E-state index is -0.901. The number of nitrogens with zero attached hydrogens (tertiary/aromatic N) is 1. The van der Waals surface area contributed by atoms with Crippen molar-refractivity contribution in [2.24, 2.45) is 0 Å². The van der Waals surface area contributed by atoms with Crippen LogP contribution in [0.5, 0.6) is 0 Å². The van der Waals surface area contributed by atoms with Gasteiger partial charge < -0.3 is 5.11 Å². The van der Waals surface area contributed by atoms with Gasteiger partial charge in [-0.2, -0.15) is 0 Å². The molecule has 0 radical (unpaired) electrons. The lowest BCUT2D eigenvalue weighted by Gasteiger charge is -2.04. The van der Waals surface area contributed by atoms with Gasteiger partial charge in [-0.05, 0) is 53.8 Å². The second-order valence-electron chi connectivity index (χ2n) is 3.25. The third-order valence-electron chi connectivity index (χ3n) is 2.18. The van der Waals surface area contributed by atoms with Gasteiger partial charge in [0.05, 0.1) is 11.1 Å². The maximum absolute atomic E-state index is 10.9. The second kappa shape index (κ2) is 3.77. The molecule has 15 heavy (non-hydrogen) atoms.